The van der Waals surface area contributed by atoms with Crippen LogP contribution in [0.15, 0.2) is 42.0 Å². The van der Waals surface area contributed by atoms with Gasteiger partial charge in [-0.2, -0.15) is 0 Å². The zero-order valence-electron chi connectivity index (χ0n) is 19.5. The molecule has 0 saturated carbocycles. The van der Waals surface area contributed by atoms with E-state index >= 15 is 0 Å². The van der Waals surface area contributed by atoms with E-state index in [0.717, 1.165) is 25.9 Å². The number of aromatic nitrogens is 3. The Morgan fingerprint density at radius 3 is 2.65 bits per heavy atom. The number of hydrogen-bond acceptors (Lipinski definition) is 6. The lowest BCUT2D eigenvalue weighted by Crippen LogP contribution is -2.38. The summed E-state index contributed by atoms with van der Waals surface area (Å²) in [5, 5.41) is 13.2. The Hall–Kier alpha value is -3.39. The Morgan fingerprint density at radius 1 is 1.29 bits per heavy atom. The molecule has 0 radical (unpaired) electrons. The van der Waals surface area contributed by atoms with Crippen molar-refractivity contribution in [1.82, 2.24) is 14.4 Å². The molecule has 8 nitrogen and oxygen atoms in total. The summed E-state index contributed by atoms with van der Waals surface area (Å²) in [4.78, 5) is 36.0. The lowest BCUT2D eigenvalue weighted by molar-refractivity contribution is 0.0697. The molecule has 178 valence electrons. The third-order valence-corrected chi connectivity index (χ3v) is 6.59. The summed E-state index contributed by atoms with van der Waals surface area (Å²) in [6, 6.07) is 4.35. The zero-order chi connectivity index (χ0) is 24.6. The van der Waals surface area contributed by atoms with Crippen LogP contribution in [0.4, 0.5) is 11.6 Å². The molecule has 4 heterocycles. The van der Waals surface area contributed by atoms with Gasteiger partial charge in [-0.05, 0) is 42.9 Å². The summed E-state index contributed by atoms with van der Waals surface area (Å²) in [6.45, 7) is 11.7. The molecule has 0 aliphatic carbocycles. The fraction of sp³-hybridized carbons (Fsp3) is 0.360. The van der Waals surface area contributed by atoms with E-state index in [1.165, 1.54) is 16.5 Å². The molecule has 9 heteroatoms. The number of nitrogens with one attached hydrogen (secondary N) is 1. The van der Waals surface area contributed by atoms with Crippen LogP contribution in [0.1, 0.15) is 61.1 Å². The first kappa shape index (κ1) is 23.8. The predicted molar refractivity (Wildman–Crippen MR) is 135 cm³/mol. The molecular weight excluding hydrogens is 454 g/mol. The third-order valence-electron chi connectivity index (χ3n) is 6.38. The highest BCUT2D eigenvalue weighted by Crippen LogP contribution is 2.32. The normalized spacial score (nSPS) is 16.3. The number of pyridine rings is 2. The molecule has 3 aromatic rings. The van der Waals surface area contributed by atoms with E-state index in [2.05, 4.69) is 35.6 Å². The topological polar surface area (TPSA) is 99.8 Å². The van der Waals surface area contributed by atoms with E-state index in [1.807, 2.05) is 6.92 Å². The number of piperidine rings is 1. The summed E-state index contributed by atoms with van der Waals surface area (Å²) in [6.07, 6.45) is 6.67. The van der Waals surface area contributed by atoms with E-state index in [4.69, 9.17) is 16.6 Å². The van der Waals surface area contributed by atoms with E-state index < -0.39 is 12.0 Å². The summed E-state index contributed by atoms with van der Waals surface area (Å²) < 4.78 is 1.43. The Bertz CT molecular complexity index is 1320. The molecule has 4 rings (SSSR count). The number of aromatic carboxylic acids is 1. The first-order chi connectivity index (χ1) is 16.1. The van der Waals surface area contributed by atoms with Crippen LogP contribution in [0.5, 0.6) is 0 Å². The summed E-state index contributed by atoms with van der Waals surface area (Å²) in [5.41, 5.74) is 1.81. The summed E-state index contributed by atoms with van der Waals surface area (Å²) in [5.74, 6) is -0.261. The maximum atomic E-state index is 13.0. The average molecular weight is 482 g/mol. The van der Waals surface area contributed by atoms with Gasteiger partial charge in [0.15, 0.2) is 0 Å². The fourth-order valence-corrected chi connectivity index (χ4v) is 4.37. The van der Waals surface area contributed by atoms with Gasteiger partial charge in [-0.25, -0.2) is 14.8 Å². The highest BCUT2D eigenvalue weighted by atomic mass is 35.5. The SMILES string of the molecule is C=Cc1cnc(N[C@H](C)c2cc(Cl)cn3c(=O)cc(N4CCC(C)(C)CC4)nc23)c(C(=O)O)c1. The van der Waals surface area contributed by atoms with Crippen molar-refractivity contribution in [3.05, 3.63) is 69.2 Å². The number of fused-ring (bicyclic) bond motifs is 1. The van der Waals surface area contributed by atoms with Gasteiger partial charge in [0.05, 0.1) is 11.1 Å². The predicted octanol–water partition coefficient (Wildman–Crippen LogP) is 4.88. The van der Waals surface area contributed by atoms with Crippen LogP contribution in [0.3, 0.4) is 0 Å². The van der Waals surface area contributed by atoms with Crippen LogP contribution in [0, 0.1) is 5.41 Å². The van der Waals surface area contributed by atoms with Crippen LogP contribution in [0.2, 0.25) is 5.02 Å². The van der Waals surface area contributed by atoms with Gasteiger partial charge in [-0.15, -0.1) is 0 Å². The van der Waals surface area contributed by atoms with Crippen LogP contribution in [-0.4, -0.2) is 38.5 Å². The average Bonchev–Trinajstić information content (AvgIpc) is 2.79. The molecule has 0 spiro atoms. The number of halogens is 1. The molecule has 1 saturated heterocycles. The van der Waals surface area contributed by atoms with Gasteiger partial charge in [0.2, 0.25) is 0 Å². The van der Waals surface area contributed by atoms with Crippen molar-refractivity contribution < 1.29 is 9.90 Å². The van der Waals surface area contributed by atoms with E-state index in [1.54, 1.807) is 24.5 Å². The number of rotatable bonds is 6. The Balaban J connectivity index is 1.75. The smallest absolute Gasteiger partial charge is 0.339 e. The van der Waals surface area contributed by atoms with Crippen molar-refractivity contribution in [2.24, 2.45) is 5.41 Å². The molecule has 1 aliphatic heterocycles. The number of carbonyl (C=O) groups is 1. The molecule has 3 aromatic heterocycles. The van der Waals surface area contributed by atoms with Crippen molar-refractivity contribution in [2.45, 2.75) is 39.7 Å². The number of anilines is 2. The molecule has 34 heavy (non-hydrogen) atoms. The van der Waals surface area contributed by atoms with Gasteiger partial charge < -0.3 is 15.3 Å². The van der Waals surface area contributed by atoms with Crippen molar-refractivity contribution in [1.29, 1.82) is 0 Å². The van der Waals surface area contributed by atoms with Crippen LogP contribution >= 0.6 is 11.6 Å². The Labute approximate surface area is 202 Å². The van der Waals surface area contributed by atoms with Gasteiger partial charge in [0.25, 0.3) is 5.56 Å². The van der Waals surface area contributed by atoms with Crippen molar-refractivity contribution >= 4 is 40.9 Å². The second kappa shape index (κ2) is 9.10. The maximum absolute atomic E-state index is 13.0. The Kier molecular flexibility index (Phi) is 6.36. The lowest BCUT2D eigenvalue weighted by atomic mass is 9.83. The molecule has 0 unspecified atom stereocenters. The number of carboxylic acid groups (broad SMARTS) is 1. The van der Waals surface area contributed by atoms with E-state index in [-0.39, 0.29) is 22.4 Å². The molecule has 2 N–H and O–H groups in total. The number of nitrogens with zero attached hydrogens (tertiary/aromatic N) is 4. The second-order valence-electron chi connectivity index (χ2n) is 9.45. The fourth-order valence-electron chi connectivity index (χ4n) is 4.16. The molecule has 0 aromatic carbocycles. The molecule has 0 amide bonds. The van der Waals surface area contributed by atoms with E-state index in [0.29, 0.717) is 27.6 Å². The highest BCUT2D eigenvalue weighted by molar-refractivity contribution is 6.30. The van der Waals surface area contributed by atoms with Crippen molar-refractivity contribution in [3.63, 3.8) is 0 Å². The first-order valence-corrected chi connectivity index (χ1v) is 11.6. The van der Waals surface area contributed by atoms with Gasteiger partial charge in [0.1, 0.15) is 22.8 Å². The minimum Gasteiger partial charge on any atom is -0.478 e. The monoisotopic (exact) mass is 481 g/mol. The van der Waals surface area contributed by atoms with Gasteiger partial charge >= 0.3 is 5.97 Å². The number of carboxylic acids is 1. The minimum atomic E-state index is -1.11. The van der Waals surface area contributed by atoms with Gasteiger partial charge in [-0.3, -0.25) is 9.20 Å². The second-order valence-corrected chi connectivity index (χ2v) is 9.89. The molecule has 1 aliphatic rings. The number of hydrogen-bond donors (Lipinski definition) is 2. The van der Waals surface area contributed by atoms with Gasteiger partial charge in [0, 0.05) is 37.1 Å². The lowest BCUT2D eigenvalue weighted by Gasteiger charge is -2.37. The highest BCUT2D eigenvalue weighted by Gasteiger charge is 2.27. The van der Waals surface area contributed by atoms with Crippen LogP contribution in [-0.2, 0) is 0 Å². The van der Waals surface area contributed by atoms with Crippen molar-refractivity contribution in [2.75, 3.05) is 23.3 Å². The summed E-state index contributed by atoms with van der Waals surface area (Å²) >= 11 is 6.34. The minimum absolute atomic E-state index is 0.0253. The first-order valence-electron chi connectivity index (χ1n) is 11.2. The largest absolute Gasteiger partial charge is 0.478 e. The standard InChI is InChI=1S/C25H28ClN5O3/c1-5-16-10-19(24(33)34)22(27-13-16)28-15(2)18-11-17(26)14-31-21(32)12-20(29-23(18)31)30-8-6-25(3,4)7-9-30/h5,10-15H,1,6-9H2,2-4H3,(H,27,28)(H,33,34)/t15-/m1/s1. The van der Waals surface area contributed by atoms with E-state index in [9.17, 15) is 14.7 Å². The molecule has 1 atom stereocenters. The van der Waals surface area contributed by atoms with Crippen LogP contribution in [0.25, 0.3) is 11.7 Å². The van der Waals surface area contributed by atoms with Crippen molar-refractivity contribution in [3.8, 4) is 0 Å². The zero-order valence-corrected chi connectivity index (χ0v) is 20.3. The maximum Gasteiger partial charge on any atom is 0.339 e. The van der Waals surface area contributed by atoms with Crippen LogP contribution < -0.4 is 15.8 Å². The Morgan fingerprint density at radius 2 is 2.00 bits per heavy atom. The quantitative estimate of drug-likeness (QED) is 0.517. The molecular formula is C25H28ClN5O3. The molecule has 1 fully saturated rings. The summed E-state index contributed by atoms with van der Waals surface area (Å²) in [7, 11) is 0. The molecule has 0 bridgehead atoms. The van der Waals surface area contributed by atoms with Gasteiger partial charge in [-0.1, -0.05) is 38.1 Å². The third kappa shape index (κ3) is 4.77.